The van der Waals surface area contributed by atoms with Crippen LogP contribution in [0.3, 0.4) is 0 Å². The lowest BCUT2D eigenvalue weighted by Crippen LogP contribution is -2.22. The molecule has 0 radical (unpaired) electrons. The molecule has 1 atom stereocenters. The maximum Gasteiger partial charge on any atom is 0.225 e. The zero-order valence-corrected chi connectivity index (χ0v) is 13.6. The van der Waals surface area contributed by atoms with Crippen LogP contribution in [0.2, 0.25) is 0 Å². The van der Waals surface area contributed by atoms with Crippen LogP contribution in [0.4, 0.5) is 5.95 Å². The Morgan fingerprint density at radius 1 is 1.12 bits per heavy atom. The first kappa shape index (κ1) is 14.7. The number of imidazole rings is 1. The van der Waals surface area contributed by atoms with Crippen LogP contribution in [0.5, 0.6) is 0 Å². The monoisotopic (exact) mass is 321 g/mol. The molecule has 3 aromatic rings. The molecule has 1 aliphatic rings. The maximum absolute atomic E-state index is 4.76. The molecule has 0 saturated carbocycles. The molecular weight excluding hydrogens is 302 g/mol. The van der Waals surface area contributed by atoms with E-state index < -0.39 is 0 Å². The number of aryl methyl sites for hydroxylation is 1. The summed E-state index contributed by atoms with van der Waals surface area (Å²) in [5.41, 5.74) is 2.87. The van der Waals surface area contributed by atoms with Crippen LogP contribution in [-0.4, -0.2) is 42.6 Å². The van der Waals surface area contributed by atoms with E-state index in [1.165, 1.54) is 0 Å². The van der Waals surface area contributed by atoms with Crippen LogP contribution in [0.25, 0.3) is 11.4 Å². The van der Waals surface area contributed by atoms with Crippen LogP contribution in [0, 0.1) is 5.92 Å². The number of rotatable bonds is 4. The Morgan fingerprint density at radius 3 is 2.79 bits per heavy atom. The van der Waals surface area contributed by atoms with Gasteiger partial charge in [0.2, 0.25) is 5.95 Å². The second-order valence-electron chi connectivity index (χ2n) is 6.14. The standard InChI is InChI=1S/C17H19N7/c1-23-12-19-10-16(23)15-9-18-8-14(22-15)7-13-3-6-24(11-13)17-20-4-2-5-21-17/h2,4-5,8-10,12-13H,3,6-7,11H2,1H3/t13-/m1/s1. The molecule has 1 saturated heterocycles. The van der Waals surface area contributed by atoms with Crippen molar-refractivity contribution in [1.82, 2.24) is 29.5 Å². The third-order valence-electron chi connectivity index (χ3n) is 4.38. The smallest absolute Gasteiger partial charge is 0.225 e. The molecule has 4 rings (SSSR count). The molecule has 0 aliphatic carbocycles. The second-order valence-corrected chi connectivity index (χ2v) is 6.14. The first-order chi connectivity index (χ1) is 11.8. The molecular formula is C17H19N7. The van der Waals surface area contributed by atoms with Gasteiger partial charge in [-0.2, -0.15) is 0 Å². The van der Waals surface area contributed by atoms with Crippen LogP contribution in [0.1, 0.15) is 12.1 Å². The van der Waals surface area contributed by atoms with Gasteiger partial charge in [0.1, 0.15) is 5.69 Å². The van der Waals surface area contributed by atoms with E-state index in [-0.39, 0.29) is 0 Å². The first-order valence-electron chi connectivity index (χ1n) is 8.09. The summed E-state index contributed by atoms with van der Waals surface area (Å²) >= 11 is 0. The van der Waals surface area contributed by atoms with E-state index in [1.807, 2.05) is 30.1 Å². The molecule has 24 heavy (non-hydrogen) atoms. The molecule has 1 aliphatic heterocycles. The Morgan fingerprint density at radius 2 is 2.00 bits per heavy atom. The number of aromatic nitrogens is 6. The highest BCUT2D eigenvalue weighted by Gasteiger charge is 2.25. The fraction of sp³-hybridized carbons (Fsp3) is 0.353. The largest absolute Gasteiger partial charge is 0.341 e. The fourth-order valence-corrected chi connectivity index (χ4v) is 3.16. The molecule has 1 fully saturated rings. The lowest BCUT2D eigenvalue weighted by molar-refractivity contribution is 0.575. The predicted molar refractivity (Wildman–Crippen MR) is 90.3 cm³/mol. The van der Waals surface area contributed by atoms with Crippen molar-refractivity contribution >= 4 is 5.95 Å². The van der Waals surface area contributed by atoms with E-state index in [0.29, 0.717) is 5.92 Å². The highest BCUT2D eigenvalue weighted by atomic mass is 15.3. The highest BCUT2D eigenvalue weighted by Crippen LogP contribution is 2.23. The average Bonchev–Trinajstić information content (AvgIpc) is 3.25. The SMILES string of the molecule is Cn1cncc1-c1cncc(C[C@H]2CCN(c3ncccn3)C2)n1. The Balaban J connectivity index is 1.46. The van der Waals surface area contributed by atoms with Crippen LogP contribution < -0.4 is 4.90 Å². The molecule has 0 N–H and O–H groups in total. The zero-order valence-electron chi connectivity index (χ0n) is 13.6. The van der Waals surface area contributed by atoms with E-state index in [1.54, 1.807) is 24.9 Å². The third kappa shape index (κ3) is 2.97. The van der Waals surface area contributed by atoms with Crippen molar-refractivity contribution in [3.63, 3.8) is 0 Å². The van der Waals surface area contributed by atoms with E-state index in [9.17, 15) is 0 Å². The molecule has 4 heterocycles. The van der Waals surface area contributed by atoms with Crippen molar-refractivity contribution < 1.29 is 0 Å². The molecule has 7 heteroatoms. The van der Waals surface area contributed by atoms with Gasteiger partial charge in [-0.25, -0.2) is 19.9 Å². The number of hydrogen-bond acceptors (Lipinski definition) is 6. The van der Waals surface area contributed by atoms with Crippen LogP contribution >= 0.6 is 0 Å². The van der Waals surface area contributed by atoms with Crippen molar-refractivity contribution in [1.29, 1.82) is 0 Å². The van der Waals surface area contributed by atoms with Gasteiger partial charge in [-0.1, -0.05) is 0 Å². The number of anilines is 1. The summed E-state index contributed by atoms with van der Waals surface area (Å²) in [7, 11) is 1.96. The van der Waals surface area contributed by atoms with Gasteiger partial charge in [0.15, 0.2) is 0 Å². The third-order valence-corrected chi connectivity index (χ3v) is 4.38. The predicted octanol–water partition coefficient (Wildman–Crippen LogP) is 1.74. The minimum Gasteiger partial charge on any atom is -0.341 e. The van der Waals surface area contributed by atoms with E-state index in [0.717, 1.165) is 49.0 Å². The maximum atomic E-state index is 4.76. The summed E-state index contributed by atoms with van der Waals surface area (Å²) in [5.74, 6) is 1.36. The molecule has 7 nitrogen and oxygen atoms in total. The highest BCUT2D eigenvalue weighted by molar-refractivity contribution is 5.52. The van der Waals surface area contributed by atoms with Gasteiger partial charge in [0.05, 0.1) is 30.1 Å². The lowest BCUT2D eigenvalue weighted by atomic mass is 10.0. The molecule has 0 aromatic carbocycles. The second kappa shape index (κ2) is 6.35. The van der Waals surface area contributed by atoms with Gasteiger partial charge in [-0.15, -0.1) is 0 Å². The lowest BCUT2D eigenvalue weighted by Gasteiger charge is -2.15. The summed E-state index contributed by atoms with van der Waals surface area (Å²) in [4.78, 5) is 24.2. The average molecular weight is 321 g/mol. The van der Waals surface area contributed by atoms with Crippen LogP contribution in [-0.2, 0) is 13.5 Å². The Labute approximate surface area is 140 Å². The van der Waals surface area contributed by atoms with E-state index in [4.69, 9.17) is 4.98 Å². The summed E-state index contributed by atoms with van der Waals surface area (Å²) in [5, 5.41) is 0. The quantitative estimate of drug-likeness (QED) is 0.729. The van der Waals surface area contributed by atoms with E-state index >= 15 is 0 Å². The summed E-state index contributed by atoms with van der Waals surface area (Å²) in [6, 6.07) is 1.84. The summed E-state index contributed by atoms with van der Waals surface area (Å²) < 4.78 is 1.96. The van der Waals surface area contributed by atoms with Crippen LogP contribution in [0.15, 0.2) is 43.4 Å². The van der Waals surface area contributed by atoms with Gasteiger partial charge in [-0.3, -0.25) is 4.98 Å². The Bertz CT molecular complexity index is 815. The van der Waals surface area contributed by atoms with Gasteiger partial charge in [0, 0.05) is 38.7 Å². The summed E-state index contributed by atoms with van der Waals surface area (Å²) in [6.07, 6.45) is 12.9. The van der Waals surface area contributed by atoms with Gasteiger partial charge >= 0.3 is 0 Å². The summed E-state index contributed by atoms with van der Waals surface area (Å²) in [6.45, 7) is 1.95. The normalized spacial score (nSPS) is 17.4. The molecule has 0 spiro atoms. The van der Waals surface area contributed by atoms with Crippen molar-refractivity contribution in [2.45, 2.75) is 12.8 Å². The molecule has 0 unspecified atom stereocenters. The Kier molecular flexibility index (Phi) is 3.90. The topological polar surface area (TPSA) is 72.6 Å². The van der Waals surface area contributed by atoms with E-state index in [2.05, 4.69) is 24.8 Å². The number of nitrogens with zero attached hydrogens (tertiary/aromatic N) is 7. The van der Waals surface area contributed by atoms with Crippen molar-refractivity contribution in [2.75, 3.05) is 18.0 Å². The number of hydrogen-bond donors (Lipinski definition) is 0. The molecule has 0 bridgehead atoms. The van der Waals surface area contributed by atoms with Crippen molar-refractivity contribution in [3.05, 3.63) is 49.1 Å². The zero-order chi connectivity index (χ0) is 16.4. The van der Waals surface area contributed by atoms with Gasteiger partial charge in [0.25, 0.3) is 0 Å². The fourth-order valence-electron chi connectivity index (χ4n) is 3.16. The minimum atomic E-state index is 0.546. The van der Waals surface area contributed by atoms with Crippen molar-refractivity contribution in [3.8, 4) is 11.4 Å². The Hall–Kier alpha value is -2.83. The molecule has 122 valence electrons. The first-order valence-corrected chi connectivity index (χ1v) is 8.09. The molecule has 3 aromatic heterocycles. The van der Waals surface area contributed by atoms with Crippen molar-refractivity contribution in [2.24, 2.45) is 13.0 Å². The van der Waals surface area contributed by atoms with Gasteiger partial charge in [-0.05, 0) is 24.8 Å². The van der Waals surface area contributed by atoms with Gasteiger partial charge < -0.3 is 9.47 Å². The minimum absolute atomic E-state index is 0.546. The molecule has 0 amide bonds.